The van der Waals surface area contributed by atoms with Gasteiger partial charge in [0.25, 0.3) is 0 Å². The van der Waals surface area contributed by atoms with Crippen LogP contribution in [0.2, 0.25) is 0 Å². The highest BCUT2D eigenvalue weighted by Crippen LogP contribution is 2.18. The first-order chi connectivity index (χ1) is 8.08. The van der Waals surface area contributed by atoms with Crippen LogP contribution in [0.25, 0.3) is 0 Å². The van der Waals surface area contributed by atoms with Gasteiger partial charge in [-0.2, -0.15) is 5.10 Å². The molecule has 1 aromatic heterocycles. The topological polar surface area (TPSA) is 125 Å². The molecule has 0 fully saturated rings. The summed E-state index contributed by atoms with van der Waals surface area (Å²) < 4.78 is 26.7. The van der Waals surface area contributed by atoms with E-state index in [1.807, 2.05) is 0 Å². The summed E-state index contributed by atoms with van der Waals surface area (Å²) in [6.45, 7) is 6.73. The Hall–Kier alpha value is -1.41. The monoisotopic (exact) mass is 273 g/mol. The van der Waals surface area contributed by atoms with Crippen LogP contribution >= 0.6 is 0 Å². The summed E-state index contributed by atoms with van der Waals surface area (Å²) in [6.07, 6.45) is 0. The van der Waals surface area contributed by atoms with Gasteiger partial charge in [-0.15, -0.1) is 0 Å². The second-order valence-corrected chi connectivity index (χ2v) is 6.59. The maximum Gasteiger partial charge on any atom is 0.244 e. The van der Waals surface area contributed by atoms with Gasteiger partial charge in [0.15, 0.2) is 0 Å². The van der Waals surface area contributed by atoms with E-state index in [0.29, 0.717) is 11.4 Å². The highest BCUT2D eigenvalue weighted by Gasteiger charge is 2.27. The van der Waals surface area contributed by atoms with Crippen LogP contribution in [-0.4, -0.2) is 31.0 Å². The Bertz CT molecular complexity index is 539. The lowest BCUT2D eigenvalue weighted by atomic mass is 9.93. The first-order valence-electron chi connectivity index (χ1n) is 5.43. The summed E-state index contributed by atoms with van der Waals surface area (Å²) in [5, 5.41) is 13.9. The van der Waals surface area contributed by atoms with Crippen LogP contribution in [0.4, 0.5) is 0 Å². The molecule has 1 rings (SSSR count). The van der Waals surface area contributed by atoms with E-state index in [2.05, 4.69) is 14.9 Å². The fourth-order valence-corrected chi connectivity index (χ4v) is 2.96. The summed E-state index contributed by atoms with van der Waals surface area (Å²) in [4.78, 5) is 0.154. The van der Waals surface area contributed by atoms with E-state index >= 15 is 0 Å². The number of sulfonamides is 1. The number of hydrogen-bond donors (Lipinski definition) is 4. The lowest BCUT2D eigenvalue weighted by Crippen LogP contribution is -2.42. The molecular weight excluding hydrogens is 254 g/mol. The van der Waals surface area contributed by atoms with E-state index in [1.165, 1.54) is 0 Å². The largest absolute Gasteiger partial charge is 0.387 e. The van der Waals surface area contributed by atoms with Crippen molar-refractivity contribution in [1.82, 2.24) is 14.9 Å². The number of aromatic nitrogens is 2. The Morgan fingerprint density at radius 1 is 1.50 bits per heavy atom. The molecule has 1 aromatic rings. The number of nitrogens with one attached hydrogen (secondary N) is 3. The minimum absolute atomic E-state index is 0.0640. The molecule has 102 valence electrons. The van der Waals surface area contributed by atoms with Gasteiger partial charge in [-0.05, 0) is 13.8 Å². The third-order valence-corrected chi connectivity index (χ3v) is 4.43. The number of rotatable bonds is 5. The van der Waals surface area contributed by atoms with Gasteiger partial charge in [0, 0.05) is 12.0 Å². The Labute approximate surface area is 107 Å². The quantitative estimate of drug-likeness (QED) is 0.454. The fraction of sp³-hybridized carbons (Fsp3) is 0.600. The van der Waals surface area contributed by atoms with Crippen molar-refractivity contribution in [2.24, 2.45) is 11.1 Å². The molecule has 0 unspecified atom stereocenters. The van der Waals surface area contributed by atoms with Crippen molar-refractivity contribution in [3.63, 3.8) is 0 Å². The van der Waals surface area contributed by atoms with E-state index in [1.54, 1.807) is 27.7 Å². The van der Waals surface area contributed by atoms with Gasteiger partial charge in [-0.3, -0.25) is 10.5 Å². The first kappa shape index (κ1) is 14.7. The van der Waals surface area contributed by atoms with Crippen LogP contribution in [0.15, 0.2) is 4.90 Å². The smallest absolute Gasteiger partial charge is 0.244 e. The molecule has 0 saturated heterocycles. The molecule has 1 heterocycles. The van der Waals surface area contributed by atoms with Crippen LogP contribution in [0.1, 0.15) is 25.2 Å². The van der Waals surface area contributed by atoms with Crippen molar-refractivity contribution in [3.8, 4) is 0 Å². The Kier molecular flexibility index (Phi) is 3.82. The summed E-state index contributed by atoms with van der Waals surface area (Å²) >= 11 is 0. The maximum absolute atomic E-state index is 12.1. The van der Waals surface area contributed by atoms with Gasteiger partial charge >= 0.3 is 0 Å². The summed E-state index contributed by atoms with van der Waals surface area (Å²) in [6, 6.07) is 0. The lowest BCUT2D eigenvalue weighted by molar-refractivity contribution is 0.493. The second-order valence-electron chi connectivity index (χ2n) is 4.89. The van der Waals surface area contributed by atoms with E-state index in [9.17, 15) is 8.42 Å². The van der Waals surface area contributed by atoms with Gasteiger partial charge < -0.3 is 5.73 Å². The number of hydrogen-bond acceptors (Lipinski definition) is 4. The molecule has 0 aliphatic heterocycles. The van der Waals surface area contributed by atoms with Gasteiger partial charge in [-0.25, -0.2) is 13.1 Å². The standard InChI is InChI=1S/C10H19N5O2S/c1-6-8(7(2)15-14-6)18(16,17)13-5-10(3,4)9(11)12/h13H,5H2,1-4H3,(H3,11,12)(H,14,15). The van der Waals surface area contributed by atoms with Gasteiger partial charge in [0.1, 0.15) is 4.90 Å². The molecule has 8 heteroatoms. The summed E-state index contributed by atoms with van der Waals surface area (Å²) in [5.41, 5.74) is 5.59. The fourth-order valence-electron chi connectivity index (χ4n) is 1.38. The molecule has 0 atom stereocenters. The highest BCUT2D eigenvalue weighted by atomic mass is 32.2. The first-order valence-corrected chi connectivity index (χ1v) is 6.92. The predicted molar refractivity (Wildman–Crippen MR) is 68.9 cm³/mol. The molecule has 0 radical (unpaired) electrons. The van der Waals surface area contributed by atoms with E-state index in [0.717, 1.165) is 0 Å². The number of aryl methyl sites for hydroxylation is 2. The zero-order chi connectivity index (χ0) is 14.1. The normalized spacial score (nSPS) is 12.7. The van der Waals surface area contributed by atoms with Crippen LogP contribution in [0.3, 0.4) is 0 Å². The zero-order valence-corrected chi connectivity index (χ0v) is 11.8. The Morgan fingerprint density at radius 3 is 2.44 bits per heavy atom. The van der Waals surface area contributed by atoms with Crippen molar-refractivity contribution in [3.05, 3.63) is 11.4 Å². The van der Waals surface area contributed by atoms with Crippen molar-refractivity contribution in [2.75, 3.05) is 6.54 Å². The molecule has 18 heavy (non-hydrogen) atoms. The van der Waals surface area contributed by atoms with Crippen molar-refractivity contribution in [1.29, 1.82) is 5.41 Å². The molecule has 7 nitrogen and oxygen atoms in total. The van der Waals surface area contributed by atoms with Crippen LogP contribution in [0, 0.1) is 24.7 Å². The predicted octanol–water partition coefficient (Wildman–Crippen LogP) is 0.267. The second kappa shape index (κ2) is 4.69. The minimum Gasteiger partial charge on any atom is -0.387 e. The van der Waals surface area contributed by atoms with Gasteiger partial charge in [0.05, 0.1) is 17.2 Å². The highest BCUT2D eigenvalue weighted by molar-refractivity contribution is 7.89. The molecule has 0 saturated carbocycles. The number of amidine groups is 1. The molecule has 0 aliphatic rings. The van der Waals surface area contributed by atoms with E-state index < -0.39 is 15.4 Å². The molecule has 0 aliphatic carbocycles. The number of nitrogens with two attached hydrogens (primary N) is 1. The summed E-state index contributed by atoms with van der Waals surface area (Å²) in [7, 11) is -3.64. The average Bonchev–Trinajstić information content (AvgIpc) is 2.56. The van der Waals surface area contributed by atoms with Crippen LogP contribution < -0.4 is 10.5 Å². The average molecular weight is 273 g/mol. The number of nitrogens with zero attached hydrogens (tertiary/aromatic N) is 1. The minimum atomic E-state index is -3.64. The SMILES string of the molecule is Cc1n[nH]c(C)c1S(=O)(=O)NCC(C)(C)C(=N)N. The van der Waals surface area contributed by atoms with E-state index in [4.69, 9.17) is 11.1 Å². The number of aromatic amines is 1. The molecule has 0 amide bonds. The van der Waals surface area contributed by atoms with Gasteiger partial charge in [-0.1, -0.05) is 13.8 Å². The van der Waals surface area contributed by atoms with Crippen LogP contribution in [0.5, 0.6) is 0 Å². The maximum atomic E-state index is 12.1. The Balaban J connectivity index is 2.95. The van der Waals surface area contributed by atoms with Gasteiger partial charge in [0.2, 0.25) is 10.0 Å². The Morgan fingerprint density at radius 2 is 2.06 bits per heavy atom. The summed E-state index contributed by atoms with van der Waals surface area (Å²) in [5.74, 6) is -0.0640. The molecule has 0 spiro atoms. The zero-order valence-electron chi connectivity index (χ0n) is 11.0. The van der Waals surface area contributed by atoms with Crippen molar-refractivity contribution >= 4 is 15.9 Å². The van der Waals surface area contributed by atoms with E-state index in [-0.39, 0.29) is 17.3 Å². The van der Waals surface area contributed by atoms with Crippen LogP contribution in [-0.2, 0) is 10.0 Å². The third-order valence-electron chi connectivity index (χ3n) is 2.76. The molecule has 0 bridgehead atoms. The lowest BCUT2D eigenvalue weighted by Gasteiger charge is -2.23. The molecule has 0 aromatic carbocycles. The van der Waals surface area contributed by atoms with Crippen molar-refractivity contribution in [2.45, 2.75) is 32.6 Å². The molecular formula is C10H19N5O2S. The third kappa shape index (κ3) is 2.88. The van der Waals surface area contributed by atoms with Crippen molar-refractivity contribution < 1.29 is 8.42 Å². The molecule has 5 N–H and O–H groups in total. The number of H-pyrrole nitrogens is 1.